The van der Waals surface area contributed by atoms with Crippen molar-refractivity contribution in [1.82, 2.24) is 18.3 Å². The van der Waals surface area contributed by atoms with E-state index in [2.05, 4.69) is 572 Å². The van der Waals surface area contributed by atoms with E-state index >= 15 is 0 Å². The predicted molar refractivity (Wildman–Crippen MR) is 576 cm³/mol. The zero-order valence-corrected chi connectivity index (χ0v) is 84.3. The van der Waals surface area contributed by atoms with Crippen molar-refractivity contribution >= 4 is 0 Å². The second-order valence-corrected chi connectivity index (χ2v) is 38.7. The minimum absolute atomic E-state index is 0.385. The zero-order valence-electron chi connectivity index (χ0n) is 84.3. The molecule has 0 atom stereocenters. The molecule has 0 aliphatic heterocycles. The van der Waals surface area contributed by atoms with Gasteiger partial charge in [0.15, 0.2) is 24.8 Å². The minimum atomic E-state index is 0.385. The maximum absolute atomic E-state index is 2.52. The number of pyridine rings is 4. The van der Waals surface area contributed by atoms with E-state index in [4.69, 9.17) is 0 Å². The lowest BCUT2D eigenvalue weighted by Crippen LogP contribution is -2.31. The molecule has 0 bridgehead atoms. The molecule has 0 aliphatic rings. The van der Waals surface area contributed by atoms with E-state index in [9.17, 15) is 0 Å². The normalized spacial score (nSPS) is 11.3. The summed E-state index contributed by atoms with van der Waals surface area (Å²) in [7, 11) is 8.61. The number of para-hydroxylation sites is 3. The first-order valence-electron chi connectivity index (χ1n) is 48.8. The standard InChI is InChI=1S/C36H31N2.C36H39N2.C30H35N2.C27H29N2/c1-26-24-27(2)38(35(26)34-23-22-31(25-37(34)3)28-14-7-4-8-15-28)36-32(29-16-9-5-10-17-29)20-13-21-33(36)30-18-11-6-12-19-30;1-24(2)32-21-31(29-16-12-9-13-17-29)22-33(25(3)4)36(32)38-27(6)20-26(5)35(38)34-19-18-30(23-37(34)7)28-14-10-8-11-15-28;1-20(2)26-14-11-15-27(21(3)4)30(26)32-23(6)18-22(5)29(32)28-17-16-25(19-31(28)7)24-12-9-8-10-13-24;1-19(2)24-13-9-10-14-25(24)29-21(4)17-20(3)27(29)26-16-15-23(18-28(26)5)22-11-7-6-8-12-22/h4-25H,1-3H3;8-25H,1-7H3;8-21H,1-7H3;6-19H,1-5H3/q4*+1. The maximum Gasteiger partial charge on any atom is 0.229 e. The molecule has 0 spiro atoms. The van der Waals surface area contributed by atoms with Gasteiger partial charge in [0, 0.05) is 86.1 Å². The molecule has 0 unspecified atom stereocenters. The topological polar surface area (TPSA) is 35.2 Å². The van der Waals surface area contributed by atoms with Crippen LogP contribution in [-0.4, -0.2) is 18.3 Å². The Morgan fingerprint density at radius 2 is 0.409 bits per heavy atom. The van der Waals surface area contributed by atoms with Gasteiger partial charge < -0.3 is 18.3 Å². The largest absolute Gasteiger partial charge is 0.308 e. The molecule has 19 aromatic rings. The van der Waals surface area contributed by atoms with Gasteiger partial charge in [-0.05, 0) is 246 Å². The Kier molecular flexibility index (Phi) is 29.2. The van der Waals surface area contributed by atoms with Gasteiger partial charge in [-0.1, -0.05) is 336 Å². The highest BCUT2D eigenvalue weighted by Crippen LogP contribution is 2.45. The highest BCUT2D eigenvalue weighted by Gasteiger charge is 2.32. The van der Waals surface area contributed by atoms with Crippen molar-refractivity contribution in [2.75, 3.05) is 0 Å². The molecule has 0 amide bonds. The third-order valence-corrected chi connectivity index (χ3v) is 27.0. The first-order chi connectivity index (χ1) is 66.1. The molecule has 8 heteroatoms. The van der Waals surface area contributed by atoms with Gasteiger partial charge in [-0.3, -0.25) is 0 Å². The van der Waals surface area contributed by atoms with Crippen LogP contribution in [0.15, 0.2) is 383 Å². The van der Waals surface area contributed by atoms with Crippen LogP contribution in [0, 0.1) is 55.4 Å². The van der Waals surface area contributed by atoms with E-state index < -0.39 is 0 Å². The van der Waals surface area contributed by atoms with E-state index in [1.54, 1.807) is 0 Å². The van der Waals surface area contributed by atoms with Crippen LogP contribution in [-0.2, 0) is 28.2 Å². The first-order valence-corrected chi connectivity index (χ1v) is 48.8. The van der Waals surface area contributed by atoms with Gasteiger partial charge in [-0.15, -0.1) is 0 Å². The zero-order chi connectivity index (χ0) is 96.6. The van der Waals surface area contributed by atoms with E-state index in [1.807, 2.05) is 0 Å². The van der Waals surface area contributed by atoms with Gasteiger partial charge in [-0.2, -0.15) is 18.3 Å². The Labute approximate surface area is 815 Å². The molecule has 137 heavy (non-hydrogen) atoms. The predicted octanol–water partition coefficient (Wildman–Crippen LogP) is 31.6. The monoisotopic (exact) mass is 1800 g/mol. The molecule has 0 N–H and O–H groups in total. The summed E-state index contributed by atoms with van der Waals surface area (Å²) >= 11 is 0. The van der Waals surface area contributed by atoms with Gasteiger partial charge >= 0.3 is 0 Å². The fraction of sp³-hybridized carbons (Fsp3) is 0.209. The lowest BCUT2D eigenvalue weighted by Gasteiger charge is -2.25. The molecule has 11 aromatic carbocycles. The van der Waals surface area contributed by atoms with Crippen molar-refractivity contribution in [2.45, 2.75) is 154 Å². The number of nitrogens with zero attached hydrogens (tertiary/aromatic N) is 8. The van der Waals surface area contributed by atoms with Crippen LogP contribution >= 0.6 is 0 Å². The van der Waals surface area contributed by atoms with Gasteiger partial charge in [0.05, 0.1) is 17.1 Å². The number of aromatic nitrogens is 8. The Hall–Kier alpha value is -14.9. The molecular formula is C129H134N8+4. The molecule has 0 saturated carbocycles. The van der Waals surface area contributed by atoms with Crippen molar-refractivity contribution in [3.8, 4) is 146 Å². The van der Waals surface area contributed by atoms with Crippen molar-refractivity contribution in [2.24, 2.45) is 28.2 Å². The van der Waals surface area contributed by atoms with Crippen LogP contribution in [0.4, 0.5) is 0 Å². The molecule has 8 nitrogen and oxygen atoms in total. The van der Waals surface area contributed by atoms with Crippen LogP contribution in [0.25, 0.3) is 146 Å². The molecule has 8 heterocycles. The van der Waals surface area contributed by atoms with Crippen molar-refractivity contribution < 1.29 is 18.3 Å². The third-order valence-electron chi connectivity index (χ3n) is 27.0. The lowest BCUT2D eigenvalue weighted by atomic mass is 9.88. The molecular weight excluding hydrogens is 1660 g/mol. The number of benzene rings is 11. The number of aryl methyl sites for hydroxylation is 12. The van der Waals surface area contributed by atoms with Crippen molar-refractivity contribution in [3.05, 3.63) is 456 Å². The summed E-state index contributed by atoms with van der Waals surface area (Å²) in [5.41, 5.74) is 49.4. The maximum atomic E-state index is 2.52. The summed E-state index contributed by atoms with van der Waals surface area (Å²) < 4.78 is 19.0. The van der Waals surface area contributed by atoms with Gasteiger partial charge in [0.25, 0.3) is 0 Å². The summed E-state index contributed by atoms with van der Waals surface area (Å²) in [4.78, 5) is 0. The summed E-state index contributed by atoms with van der Waals surface area (Å²) in [5.74, 6) is 2.14. The quantitative estimate of drug-likeness (QED) is 0.0682. The summed E-state index contributed by atoms with van der Waals surface area (Å²) in [6.07, 6.45) is 8.96. The Bertz CT molecular complexity index is 7330. The lowest BCUT2D eigenvalue weighted by molar-refractivity contribution is -0.660. The Morgan fingerprint density at radius 1 is 0.182 bits per heavy atom. The molecule has 19 rings (SSSR count). The second-order valence-electron chi connectivity index (χ2n) is 38.7. The number of hydrogen-bond donors (Lipinski definition) is 0. The van der Waals surface area contributed by atoms with E-state index in [1.165, 1.54) is 219 Å². The summed E-state index contributed by atoms with van der Waals surface area (Å²) in [6, 6.07) is 129. The molecule has 686 valence electrons. The first kappa shape index (κ1) is 95.3. The van der Waals surface area contributed by atoms with Crippen molar-refractivity contribution in [3.63, 3.8) is 0 Å². The van der Waals surface area contributed by atoms with E-state index in [0.717, 1.165) is 0 Å². The Morgan fingerprint density at radius 3 is 0.693 bits per heavy atom. The van der Waals surface area contributed by atoms with Crippen LogP contribution in [0.2, 0.25) is 0 Å². The number of hydrogen-bond acceptors (Lipinski definition) is 0. The average molecular weight is 1800 g/mol. The third kappa shape index (κ3) is 20.1. The molecule has 0 aliphatic carbocycles. The van der Waals surface area contributed by atoms with Gasteiger partial charge in [0.2, 0.25) is 22.8 Å². The van der Waals surface area contributed by atoms with E-state index in [0.29, 0.717) is 29.6 Å². The highest BCUT2D eigenvalue weighted by atomic mass is 15.1. The highest BCUT2D eigenvalue weighted by molar-refractivity contribution is 5.88. The van der Waals surface area contributed by atoms with E-state index in [-0.39, 0.29) is 0 Å². The molecule has 0 radical (unpaired) electrons. The molecule has 8 aromatic heterocycles. The fourth-order valence-corrected chi connectivity index (χ4v) is 20.3. The Balaban J connectivity index is 0.000000133. The van der Waals surface area contributed by atoms with Crippen LogP contribution in [0.5, 0.6) is 0 Å². The van der Waals surface area contributed by atoms with Gasteiger partial charge in [-0.25, -0.2) is 0 Å². The van der Waals surface area contributed by atoms with Crippen LogP contribution in [0.1, 0.15) is 172 Å². The number of rotatable bonds is 20. The molecule has 0 saturated heterocycles. The van der Waals surface area contributed by atoms with Gasteiger partial charge in [0.1, 0.15) is 51.0 Å². The smallest absolute Gasteiger partial charge is 0.229 e. The summed E-state index contributed by atoms with van der Waals surface area (Å²) in [6.45, 7) is 40.8. The second kappa shape index (κ2) is 42.0. The summed E-state index contributed by atoms with van der Waals surface area (Å²) in [5, 5.41) is 0. The van der Waals surface area contributed by atoms with Crippen molar-refractivity contribution in [1.29, 1.82) is 0 Å². The van der Waals surface area contributed by atoms with Crippen LogP contribution in [0.3, 0.4) is 0 Å². The minimum Gasteiger partial charge on any atom is -0.308 e. The SMILES string of the molecule is Cc1cc(C)n(-c2c(-c3ccccc3)cccc2-c2ccccc2)c1-c1ccc(-c2ccccc2)c[n+]1C.Cc1cc(C)n(-c2c(C(C)C)cc(-c3ccccc3)cc2C(C)C)c1-c1ccc(-c2ccccc2)c[n+]1C.Cc1cc(C)n(-c2c(C(C)C)cccc2C(C)C)c1-c1ccc(-c2ccccc2)c[n+]1C.Cc1cc(C)n(-c2ccccc2C(C)C)c1-c1ccc(-c2ccccc2)c[n+]1C. The average Bonchev–Trinajstić information content (AvgIpc) is 1.50. The molecule has 0 fully saturated rings. The fourth-order valence-electron chi connectivity index (χ4n) is 20.3. The van der Waals surface area contributed by atoms with Crippen LogP contribution < -0.4 is 18.3 Å².